The summed E-state index contributed by atoms with van der Waals surface area (Å²) in [5.41, 5.74) is -0.354. The lowest BCUT2D eigenvalue weighted by Gasteiger charge is -2.20. The van der Waals surface area contributed by atoms with Gasteiger partial charge >= 0.3 is 0 Å². The first-order chi connectivity index (χ1) is 13.4. The molecule has 0 spiro atoms. The fraction of sp³-hybridized carbons (Fsp3) is 1.00. The van der Waals surface area contributed by atoms with Crippen LogP contribution in [-0.4, -0.2) is 72.8 Å². The molecule has 0 atom stereocenters. The summed E-state index contributed by atoms with van der Waals surface area (Å²) in [5.74, 6) is 0. The van der Waals surface area contributed by atoms with Crippen molar-refractivity contribution >= 4 is 16.8 Å². The molecule has 0 fully saturated rings. The van der Waals surface area contributed by atoms with Gasteiger partial charge in [0.15, 0.2) is 6.79 Å². The molecule has 6 nitrogen and oxygen atoms in total. The van der Waals surface area contributed by atoms with E-state index in [9.17, 15) is 0 Å². The molecule has 0 aliphatic rings. The highest BCUT2D eigenvalue weighted by Gasteiger charge is 2.11. The normalized spacial score (nSPS) is 10.4. The number of ether oxygens (including phenoxy) is 6. The molecule has 0 N–H and O–H groups in total. The van der Waals surface area contributed by atoms with Crippen molar-refractivity contribution in [1.82, 2.24) is 0 Å². The fourth-order valence-electron chi connectivity index (χ4n) is 1.70. The predicted octanol–water partition coefficient (Wildman–Crippen LogP) is 9.61. The average molecular weight is 558 g/mol. The van der Waals surface area contributed by atoms with Crippen LogP contribution in [0.4, 0.5) is 0 Å². The molecule has 0 heterocycles. The van der Waals surface area contributed by atoms with Crippen LogP contribution in [0.5, 0.6) is 0 Å². The van der Waals surface area contributed by atoms with E-state index in [0.29, 0.717) is 0 Å². The molecule has 38 heavy (non-hydrogen) atoms. The van der Waals surface area contributed by atoms with E-state index >= 15 is 0 Å². The molecule has 0 aromatic carbocycles. The summed E-state index contributed by atoms with van der Waals surface area (Å²) in [6.45, 7) is 26.8. The van der Waals surface area contributed by atoms with E-state index in [1.807, 2.05) is 41.5 Å². The molecule has 0 unspecified atom stereocenters. The van der Waals surface area contributed by atoms with Gasteiger partial charge < -0.3 is 28.4 Å². The van der Waals surface area contributed by atoms with Crippen molar-refractivity contribution in [3.63, 3.8) is 0 Å². The molecule has 0 rings (SSSR count). The van der Waals surface area contributed by atoms with E-state index < -0.39 is 0 Å². The van der Waals surface area contributed by atoms with Crippen LogP contribution in [0.15, 0.2) is 0 Å². The Hall–Kier alpha value is -0.110. The van der Waals surface area contributed by atoms with Crippen LogP contribution < -0.4 is 0 Å². The Morgan fingerprint density at radius 3 is 0.816 bits per heavy atom. The highest BCUT2D eigenvalue weighted by atomic mass is 16.8. The monoisotopic (exact) mass is 558 g/mol. The first-order valence-electron chi connectivity index (χ1n) is 11.1. The Balaban J connectivity index is -0.0000000363. The van der Waals surface area contributed by atoms with E-state index in [1.54, 1.807) is 0 Å². The van der Waals surface area contributed by atoms with Gasteiger partial charge in [-0.25, -0.2) is 0 Å². The molecule has 240 valence electrons. The van der Waals surface area contributed by atoms with Crippen molar-refractivity contribution in [3.05, 3.63) is 0 Å². The van der Waals surface area contributed by atoms with Crippen LogP contribution in [-0.2, 0) is 28.4 Å². The molecule has 0 saturated heterocycles. The number of hydrogen-bond donors (Lipinski definition) is 0. The molecule has 0 aromatic heterocycles. The lowest BCUT2D eigenvalue weighted by Crippen LogP contribution is -2.23. The smallest absolute Gasteiger partial charge is 0.152 e. The van der Waals surface area contributed by atoms with Crippen molar-refractivity contribution in [1.29, 1.82) is 0 Å². The minimum absolute atomic E-state index is 0. The Bertz CT molecular complexity index is 328. The third kappa shape index (κ3) is 76.5. The van der Waals surface area contributed by atoms with Gasteiger partial charge in [0.2, 0.25) is 0 Å². The van der Waals surface area contributed by atoms with Gasteiger partial charge in [0.1, 0.15) is 13.6 Å². The van der Waals surface area contributed by atoms with E-state index in [1.165, 1.54) is 6.42 Å². The number of rotatable bonds is 12. The summed E-state index contributed by atoms with van der Waals surface area (Å²) < 4.78 is 32.1. The highest BCUT2D eigenvalue weighted by molar-refractivity contribution is 5.76. The van der Waals surface area contributed by atoms with Gasteiger partial charge in [-0.3, -0.25) is 0 Å². The summed E-state index contributed by atoms with van der Waals surface area (Å²) in [5, 5.41) is 0. The zero-order valence-corrected chi connectivity index (χ0v) is 23.3. The van der Waals surface area contributed by atoms with Crippen LogP contribution in [0.2, 0.25) is 0 Å². The van der Waals surface area contributed by atoms with Crippen molar-refractivity contribution in [2.75, 3.05) is 33.6 Å². The van der Waals surface area contributed by atoms with Crippen molar-refractivity contribution in [3.8, 4) is 0 Å². The van der Waals surface area contributed by atoms with Gasteiger partial charge in [0.05, 0.1) is 22.4 Å². The fourth-order valence-corrected chi connectivity index (χ4v) is 1.70. The second-order valence-electron chi connectivity index (χ2n) is 11.3. The molecule has 0 aromatic rings. The van der Waals surface area contributed by atoms with Crippen LogP contribution >= 0.6 is 0 Å². The van der Waals surface area contributed by atoms with Crippen LogP contribution in [0.3, 0.4) is 0 Å². The lowest BCUT2D eigenvalue weighted by atomic mass is 10.2. The van der Waals surface area contributed by atoms with E-state index in [2.05, 4.69) is 41.5 Å². The molecule has 8 heteroatoms. The highest BCUT2D eigenvalue weighted by Crippen LogP contribution is 2.11. The first kappa shape index (κ1) is 66.3. The van der Waals surface area contributed by atoms with Crippen molar-refractivity contribution in [2.24, 2.45) is 0 Å². The van der Waals surface area contributed by atoms with Gasteiger partial charge in [-0.1, -0.05) is 44.6 Å². The molecule has 6 radical (unpaired) electrons. The quantitative estimate of drug-likeness (QED) is 0.135. The zero-order valence-electron chi connectivity index (χ0n) is 23.3. The maximum absolute atomic E-state index is 5.64. The third-order valence-corrected chi connectivity index (χ3v) is 3.18. The number of unbranched alkanes of at least 4 members (excludes halogenated alkanes) is 2. The van der Waals surface area contributed by atoms with Crippen molar-refractivity contribution < 1.29 is 29.8 Å². The minimum atomic E-state index is -0.179. The summed E-state index contributed by atoms with van der Waals surface area (Å²) >= 11 is 0. The topological polar surface area (TPSA) is 55.4 Å². The average Bonchev–Trinajstić information content (AvgIpc) is 2.49. The van der Waals surface area contributed by atoms with E-state index in [-0.39, 0.29) is 106 Å². The minimum Gasteiger partial charge on any atom is -0.376 e. The largest absolute Gasteiger partial charge is 0.376 e. The molecule has 0 amide bonds. The Kier molecular flexibility index (Phi) is 57.7. The van der Waals surface area contributed by atoms with Gasteiger partial charge in [0.25, 0.3) is 0 Å². The number of hydrogen-bond acceptors (Lipinski definition) is 6. The third-order valence-electron chi connectivity index (χ3n) is 3.18. The molecule has 0 aliphatic carbocycles. The van der Waals surface area contributed by atoms with E-state index in [0.717, 1.165) is 26.1 Å². The molecule has 0 aliphatic heterocycles. The van der Waals surface area contributed by atoms with Crippen LogP contribution in [0, 0.1) is 0 Å². The second kappa shape index (κ2) is 33.1. The van der Waals surface area contributed by atoms with Gasteiger partial charge in [-0.2, -0.15) is 0 Å². The second-order valence-corrected chi connectivity index (χ2v) is 11.3. The molecular formula is C30H78B2O6. The summed E-state index contributed by atoms with van der Waals surface area (Å²) in [7, 11) is 0. The SMILES string of the molecule is C.C.C.C.C.C.CC(C)(C)OCCCCCOC(C)(C)C.CC(C)(C)OCOCOCOC(C)(C)C.[2HH].[B].[B]. The zero-order chi connectivity index (χ0) is 23.9. The van der Waals surface area contributed by atoms with Gasteiger partial charge in [0, 0.05) is 31.5 Å². The summed E-state index contributed by atoms with van der Waals surface area (Å²) in [6, 6.07) is 0. The molecule has 0 bridgehead atoms. The first-order valence-corrected chi connectivity index (χ1v) is 11.1. The Morgan fingerprint density at radius 2 is 0.605 bits per heavy atom. The van der Waals surface area contributed by atoms with E-state index in [4.69, 9.17) is 28.4 Å². The lowest BCUT2D eigenvalue weighted by molar-refractivity contribution is -0.206. The summed E-state index contributed by atoms with van der Waals surface area (Å²) in [6.07, 6.45) is 3.45. The van der Waals surface area contributed by atoms with Gasteiger partial charge in [-0.05, 0) is 102 Å². The van der Waals surface area contributed by atoms with Crippen LogP contribution in [0.25, 0.3) is 0 Å². The maximum atomic E-state index is 5.64. The summed E-state index contributed by atoms with van der Waals surface area (Å²) in [4.78, 5) is 0. The van der Waals surface area contributed by atoms with Crippen molar-refractivity contribution in [2.45, 2.75) is 169 Å². The standard InChI is InChI=1S/C13H28O2.C11H24O4.6CH4.2B.H2/c1-12(2,3)14-10-8-7-9-11-15-13(4,5)6;1-10(2,3)14-8-12-7-13-9-15-11(4,5)6;;;;;;;;;/h7-11H2,1-6H3;7-9H2,1-6H3;6*1H4;;;1H/i;;;;;;;;;;1+1. The van der Waals surface area contributed by atoms with Gasteiger partial charge in [-0.15, -0.1) is 0 Å². The Morgan fingerprint density at radius 1 is 0.368 bits per heavy atom. The molecule has 0 saturated carbocycles. The predicted molar refractivity (Wildman–Crippen MR) is 178 cm³/mol. The Labute approximate surface area is 249 Å². The molecular weight excluding hydrogens is 478 g/mol. The maximum Gasteiger partial charge on any atom is 0.152 e. The van der Waals surface area contributed by atoms with Crippen LogP contribution in [0.1, 0.15) is 148 Å².